The Balaban J connectivity index is 1.61. The number of methoxy groups -OCH3 is 1. The number of hydrogen-bond acceptors (Lipinski definition) is 5. The van der Waals surface area contributed by atoms with Gasteiger partial charge < -0.3 is 4.74 Å². The van der Waals surface area contributed by atoms with E-state index < -0.39 is 23.8 Å². The fourth-order valence-electron chi connectivity index (χ4n) is 4.07. The zero-order chi connectivity index (χ0) is 23.0. The highest BCUT2D eigenvalue weighted by molar-refractivity contribution is 9.09. The molecule has 0 aromatic heterocycles. The van der Waals surface area contributed by atoms with Gasteiger partial charge in [-0.3, -0.25) is 29.0 Å². The summed E-state index contributed by atoms with van der Waals surface area (Å²) in [7, 11) is 1.56. The molecule has 9 heteroatoms. The Hall–Kier alpha value is -2.52. The molecular weight excluding hydrogens is 544 g/mol. The maximum atomic E-state index is 13.3. The molecule has 32 heavy (non-hydrogen) atoms. The van der Waals surface area contributed by atoms with Crippen LogP contribution in [-0.2, 0) is 26.8 Å². The van der Waals surface area contributed by atoms with E-state index in [1.165, 1.54) is 0 Å². The van der Waals surface area contributed by atoms with Gasteiger partial charge in [-0.1, -0.05) is 44.0 Å². The van der Waals surface area contributed by atoms with E-state index in [-0.39, 0.29) is 25.3 Å². The number of alkyl halides is 2. The number of carbonyl (C=O) groups excluding carboxylic acids is 4. The quantitative estimate of drug-likeness (QED) is 0.394. The number of nitrogens with zero attached hydrogens (tertiary/aromatic N) is 2. The van der Waals surface area contributed by atoms with Gasteiger partial charge in [0.05, 0.1) is 24.8 Å². The summed E-state index contributed by atoms with van der Waals surface area (Å²) in [5.74, 6) is -1.18. The molecular formula is C23H20Br2N2O5. The van der Waals surface area contributed by atoms with Crippen molar-refractivity contribution in [2.75, 3.05) is 7.11 Å². The molecule has 2 aliphatic heterocycles. The summed E-state index contributed by atoms with van der Waals surface area (Å²) in [5, 5.41) is 1.07. The minimum atomic E-state index is -1.00. The molecule has 0 spiro atoms. The van der Waals surface area contributed by atoms with Crippen molar-refractivity contribution in [3.8, 4) is 5.75 Å². The molecule has 0 saturated carbocycles. The van der Waals surface area contributed by atoms with Crippen molar-refractivity contribution >= 4 is 55.5 Å². The molecule has 1 atom stereocenters. The van der Waals surface area contributed by atoms with Crippen LogP contribution >= 0.6 is 31.9 Å². The highest BCUT2D eigenvalue weighted by Gasteiger charge is 2.47. The van der Waals surface area contributed by atoms with Gasteiger partial charge in [0.2, 0.25) is 5.91 Å². The van der Waals surface area contributed by atoms with Crippen LogP contribution in [0.1, 0.15) is 50.2 Å². The standard InChI is InChI=1S/C23H20Br2N2O5/c1-32-16-4-2-13(3-5-16)12-26-20(28)7-6-19(23(26)31)27-21(29)17-8-14(10-24)15(11-25)9-18(17)22(27)30/h2-5,8-9,19H,6-7,10-12H2,1H3. The molecule has 2 aliphatic rings. The molecule has 2 aromatic rings. The number of carbonyl (C=O) groups is 4. The van der Waals surface area contributed by atoms with E-state index in [1.54, 1.807) is 43.5 Å². The predicted octanol–water partition coefficient (Wildman–Crippen LogP) is 3.80. The lowest BCUT2D eigenvalue weighted by atomic mass is 10.0. The van der Waals surface area contributed by atoms with Crippen molar-refractivity contribution in [3.63, 3.8) is 0 Å². The second-order valence-electron chi connectivity index (χ2n) is 7.63. The lowest BCUT2D eigenvalue weighted by Crippen LogP contribution is -2.55. The molecule has 1 fully saturated rings. The van der Waals surface area contributed by atoms with Gasteiger partial charge in [-0.15, -0.1) is 0 Å². The van der Waals surface area contributed by atoms with Gasteiger partial charge in [-0.25, -0.2) is 0 Å². The fraction of sp³-hybridized carbons (Fsp3) is 0.304. The zero-order valence-electron chi connectivity index (χ0n) is 17.3. The van der Waals surface area contributed by atoms with Crippen LogP contribution in [0.5, 0.6) is 5.75 Å². The maximum absolute atomic E-state index is 13.3. The molecule has 2 heterocycles. The monoisotopic (exact) mass is 562 g/mol. The summed E-state index contributed by atoms with van der Waals surface area (Å²) >= 11 is 6.82. The topological polar surface area (TPSA) is 84.0 Å². The van der Waals surface area contributed by atoms with Crippen LogP contribution in [0.3, 0.4) is 0 Å². The Morgan fingerprint density at radius 2 is 1.50 bits per heavy atom. The summed E-state index contributed by atoms with van der Waals surface area (Å²) in [6, 6.07) is 9.45. The van der Waals surface area contributed by atoms with E-state index in [2.05, 4.69) is 31.9 Å². The van der Waals surface area contributed by atoms with E-state index in [0.717, 1.165) is 26.5 Å². The summed E-state index contributed by atoms with van der Waals surface area (Å²) in [6.07, 6.45) is 0.206. The third kappa shape index (κ3) is 3.88. The summed E-state index contributed by atoms with van der Waals surface area (Å²) < 4.78 is 5.14. The number of imide groups is 2. The zero-order valence-corrected chi connectivity index (χ0v) is 20.4. The normalized spacial score (nSPS) is 18.4. The Bertz CT molecular complexity index is 1070. The van der Waals surface area contributed by atoms with Gasteiger partial charge in [0.15, 0.2) is 0 Å². The van der Waals surface area contributed by atoms with Crippen molar-refractivity contribution in [2.24, 2.45) is 0 Å². The molecule has 0 radical (unpaired) electrons. The first-order valence-corrected chi connectivity index (χ1v) is 12.3. The van der Waals surface area contributed by atoms with Gasteiger partial charge in [-0.2, -0.15) is 0 Å². The number of amides is 4. The van der Waals surface area contributed by atoms with Crippen molar-refractivity contribution in [1.29, 1.82) is 0 Å². The Morgan fingerprint density at radius 3 is 2.00 bits per heavy atom. The van der Waals surface area contributed by atoms with Crippen LogP contribution in [0, 0.1) is 0 Å². The average Bonchev–Trinajstić information content (AvgIpc) is 3.05. The van der Waals surface area contributed by atoms with Crippen LogP contribution in [0.15, 0.2) is 36.4 Å². The SMILES string of the molecule is COc1ccc(CN2C(=O)CCC(N3C(=O)c4cc(CBr)c(CBr)cc4C3=O)C2=O)cc1. The molecule has 4 amide bonds. The van der Waals surface area contributed by atoms with E-state index >= 15 is 0 Å². The highest BCUT2D eigenvalue weighted by atomic mass is 79.9. The first-order chi connectivity index (χ1) is 15.4. The Kier molecular flexibility index (Phi) is 6.48. The number of ether oxygens (including phenoxy) is 1. The van der Waals surface area contributed by atoms with Crippen LogP contribution in [0.2, 0.25) is 0 Å². The predicted molar refractivity (Wildman–Crippen MR) is 124 cm³/mol. The molecule has 7 nitrogen and oxygen atoms in total. The van der Waals surface area contributed by atoms with Gasteiger partial charge >= 0.3 is 0 Å². The second-order valence-corrected chi connectivity index (χ2v) is 8.76. The van der Waals surface area contributed by atoms with Crippen molar-refractivity contribution in [1.82, 2.24) is 9.80 Å². The molecule has 0 N–H and O–H groups in total. The number of piperidine rings is 1. The number of likely N-dealkylation sites (tertiary alicyclic amines) is 1. The number of rotatable bonds is 6. The molecule has 0 bridgehead atoms. The fourth-order valence-corrected chi connectivity index (χ4v) is 5.11. The van der Waals surface area contributed by atoms with E-state index in [9.17, 15) is 19.2 Å². The molecule has 1 unspecified atom stereocenters. The summed E-state index contributed by atoms with van der Waals surface area (Å²) in [6.45, 7) is 0.0722. The van der Waals surface area contributed by atoms with Gasteiger partial charge in [-0.05, 0) is 47.4 Å². The number of fused-ring (bicyclic) bond motifs is 1. The number of hydrogen-bond donors (Lipinski definition) is 0. The Labute approximate surface area is 202 Å². The van der Waals surface area contributed by atoms with Crippen LogP contribution in [-0.4, -0.2) is 46.6 Å². The van der Waals surface area contributed by atoms with Crippen molar-refractivity contribution < 1.29 is 23.9 Å². The largest absolute Gasteiger partial charge is 0.497 e. The number of halogens is 2. The smallest absolute Gasteiger partial charge is 0.262 e. The maximum Gasteiger partial charge on any atom is 0.262 e. The highest BCUT2D eigenvalue weighted by Crippen LogP contribution is 2.32. The first-order valence-electron chi connectivity index (χ1n) is 10.0. The number of benzene rings is 2. The van der Waals surface area contributed by atoms with Gasteiger partial charge in [0.1, 0.15) is 11.8 Å². The molecule has 0 aliphatic carbocycles. The van der Waals surface area contributed by atoms with E-state index in [4.69, 9.17) is 4.74 Å². The van der Waals surface area contributed by atoms with Gasteiger partial charge in [0.25, 0.3) is 17.7 Å². The lowest BCUT2D eigenvalue weighted by Gasteiger charge is -2.34. The second kappa shape index (κ2) is 9.15. The molecule has 166 valence electrons. The van der Waals surface area contributed by atoms with Gasteiger partial charge in [0, 0.05) is 17.1 Å². The lowest BCUT2D eigenvalue weighted by molar-refractivity contribution is -0.152. The van der Waals surface area contributed by atoms with E-state index in [0.29, 0.717) is 27.5 Å². The summed E-state index contributed by atoms with van der Waals surface area (Å²) in [4.78, 5) is 54.2. The third-order valence-electron chi connectivity index (χ3n) is 5.82. The average molecular weight is 564 g/mol. The minimum absolute atomic E-state index is 0.0722. The van der Waals surface area contributed by atoms with Crippen molar-refractivity contribution in [3.05, 3.63) is 64.2 Å². The molecule has 4 rings (SSSR count). The van der Waals surface area contributed by atoms with Crippen LogP contribution in [0.4, 0.5) is 0 Å². The third-order valence-corrected chi connectivity index (χ3v) is 7.03. The van der Waals surface area contributed by atoms with Crippen LogP contribution < -0.4 is 4.74 Å². The first kappa shape index (κ1) is 22.7. The van der Waals surface area contributed by atoms with Crippen LogP contribution in [0.25, 0.3) is 0 Å². The molecule has 1 saturated heterocycles. The molecule has 2 aromatic carbocycles. The minimum Gasteiger partial charge on any atom is -0.497 e. The Morgan fingerprint density at radius 1 is 0.938 bits per heavy atom. The van der Waals surface area contributed by atoms with E-state index in [1.807, 2.05) is 0 Å². The van der Waals surface area contributed by atoms with Crippen molar-refractivity contribution in [2.45, 2.75) is 36.1 Å². The summed E-state index contributed by atoms with van der Waals surface area (Å²) in [5.41, 5.74) is 3.13.